The molecule has 1 unspecified atom stereocenters. The second-order valence-electron chi connectivity index (χ2n) is 5.39. The highest BCUT2D eigenvalue weighted by atomic mass is 32.1. The lowest BCUT2D eigenvalue weighted by molar-refractivity contribution is 0.392. The molecule has 0 aliphatic carbocycles. The molecule has 2 aromatic heterocycles. The van der Waals surface area contributed by atoms with E-state index >= 15 is 0 Å². The highest BCUT2D eigenvalue weighted by Gasteiger charge is 2.15. The fourth-order valence-corrected chi connectivity index (χ4v) is 2.91. The van der Waals surface area contributed by atoms with E-state index in [1.807, 2.05) is 13.8 Å². The maximum Gasteiger partial charge on any atom is 0.221 e. The first kappa shape index (κ1) is 15.7. The average Bonchev–Trinajstić information content (AvgIpc) is 2.92. The molecule has 2 heterocycles. The molecule has 0 radical (unpaired) electrons. The van der Waals surface area contributed by atoms with Gasteiger partial charge in [0.1, 0.15) is 11.6 Å². The molecule has 0 spiro atoms. The van der Waals surface area contributed by atoms with Crippen molar-refractivity contribution >= 4 is 17.2 Å². The fraction of sp³-hybridized carbons (Fsp3) is 0.533. The van der Waals surface area contributed by atoms with Crippen LogP contribution in [0.1, 0.15) is 54.8 Å². The normalized spacial score (nSPS) is 12.5. The Balaban J connectivity index is 2.22. The molecule has 0 saturated heterocycles. The molecule has 0 fully saturated rings. The van der Waals surface area contributed by atoms with Gasteiger partial charge in [0.2, 0.25) is 5.88 Å². The van der Waals surface area contributed by atoms with E-state index in [1.165, 1.54) is 0 Å². The van der Waals surface area contributed by atoms with Crippen molar-refractivity contribution in [3.05, 3.63) is 27.5 Å². The molecular formula is C15H22N4OS. The Kier molecular flexibility index (Phi) is 4.77. The van der Waals surface area contributed by atoms with Gasteiger partial charge < -0.3 is 10.1 Å². The first-order valence-corrected chi connectivity index (χ1v) is 7.91. The highest BCUT2D eigenvalue weighted by Crippen LogP contribution is 2.27. The zero-order chi connectivity index (χ0) is 15.6. The third-order valence-electron chi connectivity index (χ3n) is 3.24. The third kappa shape index (κ3) is 3.50. The van der Waals surface area contributed by atoms with Crippen molar-refractivity contribution in [3.8, 4) is 5.88 Å². The molecule has 0 saturated carbocycles. The van der Waals surface area contributed by atoms with Gasteiger partial charge in [-0.15, -0.1) is 11.3 Å². The molecule has 114 valence electrons. The number of anilines is 1. The van der Waals surface area contributed by atoms with Crippen molar-refractivity contribution < 1.29 is 4.74 Å². The van der Waals surface area contributed by atoms with E-state index in [0.29, 0.717) is 17.6 Å². The Bertz CT molecular complexity index is 624. The Morgan fingerprint density at radius 1 is 1.14 bits per heavy atom. The van der Waals surface area contributed by atoms with Crippen LogP contribution in [-0.2, 0) is 0 Å². The van der Waals surface area contributed by atoms with Crippen LogP contribution in [0.25, 0.3) is 0 Å². The van der Waals surface area contributed by atoms with Crippen LogP contribution in [0.3, 0.4) is 0 Å². The largest absolute Gasteiger partial charge is 0.481 e. The van der Waals surface area contributed by atoms with E-state index in [2.05, 4.69) is 46.4 Å². The van der Waals surface area contributed by atoms with Gasteiger partial charge in [-0.25, -0.2) is 9.97 Å². The number of rotatable bonds is 5. The summed E-state index contributed by atoms with van der Waals surface area (Å²) in [6.07, 6.45) is 0. The lowest BCUT2D eigenvalue weighted by Crippen LogP contribution is -2.11. The monoisotopic (exact) mass is 306 g/mol. The van der Waals surface area contributed by atoms with Gasteiger partial charge in [0.25, 0.3) is 0 Å². The second-order valence-corrected chi connectivity index (χ2v) is 6.27. The third-order valence-corrected chi connectivity index (χ3v) is 4.40. The molecule has 0 aliphatic heterocycles. The van der Waals surface area contributed by atoms with E-state index < -0.39 is 0 Å². The summed E-state index contributed by atoms with van der Waals surface area (Å²) >= 11 is 1.70. The Labute approximate surface area is 129 Å². The van der Waals surface area contributed by atoms with Gasteiger partial charge in [-0.3, -0.25) is 0 Å². The van der Waals surface area contributed by atoms with Gasteiger partial charge in [0, 0.05) is 11.3 Å². The number of ether oxygens (including phenoxy) is 1. The maximum atomic E-state index is 5.28. The van der Waals surface area contributed by atoms with E-state index in [4.69, 9.17) is 4.74 Å². The summed E-state index contributed by atoms with van der Waals surface area (Å²) in [5, 5.41) is 6.67. The van der Waals surface area contributed by atoms with Crippen LogP contribution >= 0.6 is 11.3 Å². The van der Waals surface area contributed by atoms with E-state index in [1.54, 1.807) is 18.4 Å². The summed E-state index contributed by atoms with van der Waals surface area (Å²) in [4.78, 5) is 13.4. The summed E-state index contributed by atoms with van der Waals surface area (Å²) in [6, 6.07) is 0.0893. The number of hydrogen-bond donors (Lipinski definition) is 1. The molecule has 1 N–H and O–H groups in total. The van der Waals surface area contributed by atoms with Gasteiger partial charge >= 0.3 is 0 Å². The van der Waals surface area contributed by atoms with Gasteiger partial charge in [0.15, 0.2) is 0 Å². The van der Waals surface area contributed by atoms with E-state index in [-0.39, 0.29) is 6.04 Å². The molecule has 5 nitrogen and oxygen atoms in total. The lowest BCUT2D eigenvalue weighted by Gasteiger charge is -2.16. The summed E-state index contributed by atoms with van der Waals surface area (Å²) in [7, 11) is 1.62. The van der Waals surface area contributed by atoms with Crippen LogP contribution in [0.5, 0.6) is 5.88 Å². The molecule has 0 aliphatic rings. The van der Waals surface area contributed by atoms with Crippen LogP contribution in [0, 0.1) is 13.8 Å². The van der Waals surface area contributed by atoms with Gasteiger partial charge in [-0.05, 0) is 20.8 Å². The molecule has 6 heteroatoms. The Hall–Kier alpha value is -1.69. The predicted molar refractivity (Wildman–Crippen MR) is 86.3 cm³/mol. The maximum absolute atomic E-state index is 5.28. The number of aryl methyl sites for hydroxylation is 1. The van der Waals surface area contributed by atoms with Crippen LogP contribution in [0.15, 0.2) is 5.38 Å². The number of nitrogens with zero attached hydrogens (tertiary/aromatic N) is 3. The highest BCUT2D eigenvalue weighted by molar-refractivity contribution is 7.09. The topological polar surface area (TPSA) is 59.9 Å². The summed E-state index contributed by atoms with van der Waals surface area (Å²) < 4.78 is 5.28. The first-order valence-electron chi connectivity index (χ1n) is 7.03. The van der Waals surface area contributed by atoms with Gasteiger partial charge in [-0.1, -0.05) is 13.8 Å². The molecule has 0 amide bonds. The molecule has 2 rings (SSSR count). The fourth-order valence-electron chi connectivity index (χ4n) is 1.99. The minimum atomic E-state index is 0.0893. The van der Waals surface area contributed by atoms with Crippen LogP contribution in [-0.4, -0.2) is 22.1 Å². The van der Waals surface area contributed by atoms with Crippen molar-refractivity contribution in [3.63, 3.8) is 0 Å². The predicted octanol–water partition coefficient (Wildman–Crippen LogP) is 3.86. The molecule has 1 atom stereocenters. The molecule has 0 bridgehead atoms. The molecule has 0 aromatic carbocycles. The van der Waals surface area contributed by atoms with Crippen molar-refractivity contribution in [2.75, 3.05) is 12.4 Å². The average molecular weight is 306 g/mol. The number of aromatic nitrogens is 3. The molecular weight excluding hydrogens is 284 g/mol. The smallest absolute Gasteiger partial charge is 0.221 e. The van der Waals surface area contributed by atoms with Crippen LogP contribution in [0.2, 0.25) is 0 Å². The summed E-state index contributed by atoms with van der Waals surface area (Å²) in [6.45, 7) is 10.2. The summed E-state index contributed by atoms with van der Waals surface area (Å²) in [5.41, 5.74) is 1.95. The number of thiazole rings is 1. The van der Waals surface area contributed by atoms with Crippen LogP contribution in [0.4, 0.5) is 5.82 Å². The Morgan fingerprint density at radius 3 is 2.43 bits per heavy atom. The summed E-state index contributed by atoms with van der Waals surface area (Å²) in [5.74, 6) is 2.55. The Morgan fingerprint density at radius 2 is 1.86 bits per heavy atom. The van der Waals surface area contributed by atoms with Gasteiger partial charge in [-0.2, -0.15) is 4.98 Å². The minimum Gasteiger partial charge on any atom is -0.481 e. The lowest BCUT2D eigenvalue weighted by atomic mass is 10.2. The van der Waals surface area contributed by atoms with E-state index in [9.17, 15) is 0 Å². The quantitative estimate of drug-likeness (QED) is 0.909. The number of methoxy groups -OCH3 is 1. The standard InChI is InChI=1S/C15H22N4OS/c1-8(2)15-19-12(7-21-15)10(4)16-13-9(3)14(20-6)18-11(5)17-13/h7-8,10H,1-6H3,(H,16,17,18). The van der Waals surface area contributed by atoms with Crippen molar-refractivity contribution in [2.24, 2.45) is 0 Å². The van der Waals surface area contributed by atoms with E-state index in [0.717, 1.165) is 22.1 Å². The van der Waals surface area contributed by atoms with Crippen molar-refractivity contribution in [1.82, 2.24) is 15.0 Å². The van der Waals surface area contributed by atoms with Crippen molar-refractivity contribution in [1.29, 1.82) is 0 Å². The minimum absolute atomic E-state index is 0.0893. The first-order chi connectivity index (χ1) is 9.92. The zero-order valence-electron chi connectivity index (χ0n) is 13.4. The SMILES string of the molecule is COc1nc(C)nc(NC(C)c2csc(C(C)C)n2)c1C. The number of nitrogens with one attached hydrogen (secondary N) is 1. The second kappa shape index (κ2) is 6.39. The molecule has 2 aromatic rings. The van der Waals surface area contributed by atoms with Crippen LogP contribution < -0.4 is 10.1 Å². The van der Waals surface area contributed by atoms with Crippen molar-refractivity contribution in [2.45, 2.75) is 46.6 Å². The molecule has 21 heavy (non-hydrogen) atoms. The zero-order valence-corrected chi connectivity index (χ0v) is 14.2. The van der Waals surface area contributed by atoms with Gasteiger partial charge in [0.05, 0.1) is 29.4 Å². The number of hydrogen-bond acceptors (Lipinski definition) is 6.